The Bertz CT molecular complexity index is 455. The summed E-state index contributed by atoms with van der Waals surface area (Å²) >= 11 is 0. The van der Waals surface area contributed by atoms with Crippen molar-refractivity contribution in [3.05, 3.63) is 35.1 Å². The van der Waals surface area contributed by atoms with Crippen molar-refractivity contribution in [2.24, 2.45) is 5.92 Å². The molecule has 2 rings (SSSR count). The Kier molecular flexibility index (Phi) is 4.65. The molecule has 1 fully saturated rings. The van der Waals surface area contributed by atoms with E-state index >= 15 is 0 Å². The lowest BCUT2D eigenvalue weighted by Gasteiger charge is -2.21. The Morgan fingerprint density at radius 1 is 1.40 bits per heavy atom. The number of benzene rings is 1. The number of rotatable bonds is 4. The second-order valence-corrected chi connectivity index (χ2v) is 5.04. The van der Waals surface area contributed by atoms with Crippen molar-refractivity contribution in [1.82, 2.24) is 5.32 Å². The Balaban J connectivity index is 2.21. The maximum atomic E-state index is 13.3. The zero-order valence-corrected chi connectivity index (χ0v) is 11.1. The van der Waals surface area contributed by atoms with Crippen LogP contribution in [0.25, 0.3) is 0 Å². The van der Waals surface area contributed by atoms with Crippen LogP contribution >= 0.6 is 0 Å². The number of hydrogen-bond acceptors (Lipinski definition) is 2. The summed E-state index contributed by atoms with van der Waals surface area (Å²) in [5.74, 6) is -0.910. The van der Waals surface area contributed by atoms with Gasteiger partial charge in [0.1, 0.15) is 5.82 Å². The van der Waals surface area contributed by atoms with Crippen molar-refractivity contribution < 1.29 is 22.3 Å². The summed E-state index contributed by atoms with van der Waals surface area (Å²) in [6.45, 7) is 1.32. The topological polar surface area (TPSA) is 21.3 Å². The van der Waals surface area contributed by atoms with Crippen molar-refractivity contribution in [3.63, 3.8) is 0 Å². The van der Waals surface area contributed by atoms with E-state index in [4.69, 9.17) is 4.74 Å². The van der Waals surface area contributed by atoms with Crippen molar-refractivity contribution >= 4 is 0 Å². The molecule has 0 saturated carbocycles. The van der Waals surface area contributed by atoms with E-state index in [2.05, 4.69) is 5.32 Å². The number of hydrogen-bond donors (Lipinski definition) is 1. The molecule has 2 nitrogen and oxygen atoms in total. The van der Waals surface area contributed by atoms with E-state index < -0.39 is 17.6 Å². The average molecular weight is 291 g/mol. The molecule has 0 radical (unpaired) electrons. The molecule has 20 heavy (non-hydrogen) atoms. The molecule has 2 atom stereocenters. The minimum Gasteiger partial charge on any atom is -0.381 e. The zero-order valence-electron chi connectivity index (χ0n) is 11.1. The number of ether oxygens (including phenoxy) is 1. The fraction of sp³-hybridized carbons (Fsp3) is 0.571. The van der Waals surface area contributed by atoms with Crippen LogP contribution < -0.4 is 5.32 Å². The molecule has 1 aliphatic heterocycles. The normalized spacial score (nSPS) is 21.1. The molecule has 1 aliphatic rings. The Hall–Kier alpha value is -1.14. The van der Waals surface area contributed by atoms with Crippen LogP contribution in [0.2, 0.25) is 0 Å². The van der Waals surface area contributed by atoms with Gasteiger partial charge in [0.15, 0.2) is 0 Å². The Morgan fingerprint density at radius 2 is 2.15 bits per heavy atom. The molecule has 1 aromatic carbocycles. The summed E-state index contributed by atoms with van der Waals surface area (Å²) < 4.78 is 56.7. The van der Waals surface area contributed by atoms with Crippen LogP contribution in [0.4, 0.5) is 17.6 Å². The molecule has 0 spiro atoms. The van der Waals surface area contributed by atoms with Gasteiger partial charge < -0.3 is 10.1 Å². The van der Waals surface area contributed by atoms with Gasteiger partial charge >= 0.3 is 6.18 Å². The van der Waals surface area contributed by atoms with E-state index in [0.29, 0.717) is 31.1 Å². The van der Waals surface area contributed by atoms with Crippen LogP contribution in [0.3, 0.4) is 0 Å². The standard InChI is InChI=1S/C14H17F4NO/c1-19-13(6-9-4-5-20-8-9)10-2-3-12(15)11(7-10)14(16,17)18/h2-3,7,9,13,19H,4-6,8H2,1H3. The van der Waals surface area contributed by atoms with E-state index in [-0.39, 0.29) is 6.04 Å². The molecule has 0 bridgehead atoms. The van der Waals surface area contributed by atoms with Gasteiger partial charge in [0, 0.05) is 19.3 Å². The SMILES string of the molecule is CNC(CC1CCOC1)c1ccc(F)c(C(F)(F)F)c1. The smallest absolute Gasteiger partial charge is 0.381 e. The van der Waals surface area contributed by atoms with Crippen molar-refractivity contribution in [1.29, 1.82) is 0 Å². The molecule has 1 saturated heterocycles. The Morgan fingerprint density at radius 3 is 2.70 bits per heavy atom. The van der Waals surface area contributed by atoms with E-state index in [1.165, 1.54) is 6.07 Å². The van der Waals surface area contributed by atoms with Crippen molar-refractivity contribution in [2.45, 2.75) is 25.1 Å². The Labute approximate surface area is 115 Å². The third-order valence-corrected chi connectivity index (χ3v) is 3.64. The summed E-state index contributed by atoms with van der Waals surface area (Å²) in [7, 11) is 1.69. The van der Waals surface area contributed by atoms with Gasteiger partial charge in [-0.2, -0.15) is 13.2 Å². The molecule has 1 N–H and O–H groups in total. The molecule has 2 unspecified atom stereocenters. The van der Waals surface area contributed by atoms with Crippen LogP contribution in [0.15, 0.2) is 18.2 Å². The van der Waals surface area contributed by atoms with E-state index in [1.807, 2.05) is 0 Å². The first kappa shape index (κ1) is 15.3. The second kappa shape index (κ2) is 6.10. The fourth-order valence-corrected chi connectivity index (χ4v) is 2.50. The first-order valence-corrected chi connectivity index (χ1v) is 6.53. The van der Waals surface area contributed by atoms with Crippen LogP contribution in [0, 0.1) is 11.7 Å². The largest absolute Gasteiger partial charge is 0.419 e. The highest BCUT2D eigenvalue weighted by Gasteiger charge is 2.34. The van der Waals surface area contributed by atoms with Gasteiger partial charge in [-0.3, -0.25) is 0 Å². The monoisotopic (exact) mass is 291 g/mol. The van der Waals surface area contributed by atoms with Gasteiger partial charge in [0.05, 0.1) is 5.56 Å². The summed E-state index contributed by atoms with van der Waals surface area (Å²) in [5, 5.41) is 3.00. The highest BCUT2D eigenvalue weighted by Crippen LogP contribution is 2.34. The van der Waals surface area contributed by atoms with E-state index in [9.17, 15) is 17.6 Å². The van der Waals surface area contributed by atoms with Crippen LogP contribution in [0.1, 0.15) is 30.0 Å². The maximum Gasteiger partial charge on any atom is 0.419 e. The summed E-state index contributed by atoms with van der Waals surface area (Å²) in [6, 6.07) is 2.95. The minimum atomic E-state index is -4.67. The van der Waals surface area contributed by atoms with Crippen molar-refractivity contribution in [2.75, 3.05) is 20.3 Å². The van der Waals surface area contributed by atoms with Crippen LogP contribution in [0.5, 0.6) is 0 Å². The molecule has 0 aliphatic carbocycles. The van der Waals surface area contributed by atoms with E-state index in [0.717, 1.165) is 18.6 Å². The van der Waals surface area contributed by atoms with Gasteiger partial charge in [-0.25, -0.2) is 4.39 Å². The third-order valence-electron chi connectivity index (χ3n) is 3.64. The summed E-state index contributed by atoms with van der Waals surface area (Å²) in [5.41, 5.74) is -0.758. The lowest BCUT2D eigenvalue weighted by atomic mass is 9.93. The maximum absolute atomic E-state index is 13.3. The number of nitrogens with one attached hydrogen (secondary N) is 1. The van der Waals surface area contributed by atoms with Gasteiger partial charge in [-0.05, 0) is 43.5 Å². The van der Waals surface area contributed by atoms with Gasteiger partial charge in [0.25, 0.3) is 0 Å². The lowest BCUT2D eigenvalue weighted by Crippen LogP contribution is -2.21. The van der Waals surface area contributed by atoms with Crippen molar-refractivity contribution in [3.8, 4) is 0 Å². The quantitative estimate of drug-likeness (QED) is 0.857. The van der Waals surface area contributed by atoms with Crippen LogP contribution in [-0.2, 0) is 10.9 Å². The van der Waals surface area contributed by atoms with Gasteiger partial charge in [-0.15, -0.1) is 0 Å². The first-order valence-electron chi connectivity index (χ1n) is 6.53. The predicted molar refractivity (Wildman–Crippen MR) is 66.7 cm³/mol. The molecule has 0 aromatic heterocycles. The highest BCUT2D eigenvalue weighted by molar-refractivity contribution is 5.29. The van der Waals surface area contributed by atoms with Gasteiger partial charge in [0.2, 0.25) is 0 Å². The second-order valence-electron chi connectivity index (χ2n) is 5.04. The van der Waals surface area contributed by atoms with E-state index in [1.54, 1.807) is 7.05 Å². The molecular formula is C14H17F4NO. The summed E-state index contributed by atoms with van der Waals surface area (Å²) in [4.78, 5) is 0. The summed E-state index contributed by atoms with van der Waals surface area (Å²) in [6.07, 6.45) is -3.08. The van der Waals surface area contributed by atoms with Crippen LogP contribution in [-0.4, -0.2) is 20.3 Å². The third kappa shape index (κ3) is 3.49. The molecule has 112 valence electrons. The first-order chi connectivity index (χ1) is 9.41. The molecule has 0 amide bonds. The average Bonchev–Trinajstić information content (AvgIpc) is 2.88. The molecule has 6 heteroatoms. The fourth-order valence-electron chi connectivity index (χ4n) is 2.50. The number of halogens is 4. The molecule has 1 heterocycles. The minimum absolute atomic E-state index is 0.233. The number of alkyl halides is 3. The molecular weight excluding hydrogens is 274 g/mol. The van der Waals surface area contributed by atoms with Gasteiger partial charge in [-0.1, -0.05) is 6.07 Å². The lowest BCUT2D eigenvalue weighted by molar-refractivity contribution is -0.140. The highest BCUT2D eigenvalue weighted by atomic mass is 19.4. The predicted octanol–water partition coefficient (Wildman–Crippen LogP) is 3.53. The zero-order chi connectivity index (χ0) is 14.8. The molecule has 1 aromatic rings.